The summed E-state index contributed by atoms with van der Waals surface area (Å²) in [4.78, 5) is 29.2. The predicted molar refractivity (Wildman–Crippen MR) is 89.0 cm³/mol. The second kappa shape index (κ2) is 6.57. The van der Waals surface area contributed by atoms with Gasteiger partial charge in [-0.15, -0.1) is 0 Å². The standard InChI is InChI=1S/C18H26N4O2/c23-17-10-15(12-20(17)11-14-5-6-14)18(24)22-9-2-1-4-16(22)13-21-8-3-7-19-21/h3,7-8,14-16H,1-2,4-6,9-13H2/t15-,16+/m1/s1. The molecular formula is C18H26N4O2. The minimum atomic E-state index is -0.144. The van der Waals surface area contributed by atoms with Crippen LogP contribution in [0.5, 0.6) is 0 Å². The highest BCUT2D eigenvalue weighted by Gasteiger charge is 2.40. The third-order valence-electron chi connectivity index (χ3n) is 5.61. The third-order valence-corrected chi connectivity index (χ3v) is 5.61. The fourth-order valence-electron chi connectivity index (χ4n) is 4.07. The lowest BCUT2D eigenvalue weighted by Gasteiger charge is -2.37. The Morgan fingerprint density at radius 2 is 2.08 bits per heavy atom. The van der Waals surface area contributed by atoms with Crippen molar-refractivity contribution in [3.8, 4) is 0 Å². The molecule has 1 aliphatic carbocycles. The molecule has 6 heteroatoms. The largest absolute Gasteiger partial charge is 0.342 e. The van der Waals surface area contributed by atoms with Gasteiger partial charge in [-0.05, 0) is 44.1 Å². The van der Waals surface area contributed by atoms with Gasteiger partial charge in [0.1, 0.15) is 0 Å². The zero-order valence-corrected chi connectivity index (χ0v) is 14.1. The molecule has 0 radical (unpaired) electrons. The van der Waals surface area contributed by atoms with Gasteiger partial charge in [0.05, 0.1) is 18.5 Å². The van der Waals surface area contributed by atoms with E-state index >= 15 is 0 Å². The molecule has 24 heavy (non-hydrogen) atoms. The molecule has 2 amide bonds. The average Bonchev–Trinajstić information content (AvgIpc) is 3.11. The number of aromatic nitrogens is 2. The van der Waals surface area contributed by atoms with Crippen LogP contribution in [-0.2, 0) is 16.1 Å². The monoisotopic (exact) mass is 330 g/mol. The number of nitrogens with zero attached hydrogens (tertiary/aromatic N) is 4. The van der Waals surface area contributed by atoms with Gasteiger partial charge >= 0.3 is 0 Å². The van der Waals surface area contributed by atoms with Crippen molar-refractivity contribution in [2.75, 3.05) is 19.6 Å². The molecule has 2 atom stereocenters. The molecular weight excluding hydrogens is 304 g/mol. The number of hydrogen-bond acceptors (Lipinski definition) is 3. The fraction of sp³-hybridized carbons (Fsp3) is 0.722. The van der Waals surface area contributed by atoms with Crippen LogP contribution in [0, 0.1) is 11.8 Å². The van der Waals surface area contributed by atoms with E-state index in [-0.39, 0.29) is 23.8 Å². The van der Waals surface area contributed by atoms with E-state index in [4.69, 9.17) is 0 Å². The van der Waals surface area contributed by atoms with Crippen molar-refractivity contribution in [1.29, 1.82) is 0 Å². The Balaban J connectivity index is 1.40. The predicted octanol–water partition coefficient (Wildman–Crippen LogP) is 1.52. The minimum Gasteiger partial charge on any atom is -0.342 e. The lowest BCUT2D eigenvalue weighted by atomic mass is 9.98. The van der Waals surface area contributed by atoms with Crippen molar-refractivity contribution >= 4 is 11.8 Å². The van der Waals surface area contributed by atoms with E-state index < -0.39 is 0 Å². The molecule has 3 fully saturated rings. The molecule has 1 aromatic rings. The summed E-state index contributed by atoms with van der Waals surface area (Å²) in [6, 6.07) is 2.12. The molecule has 1 aromatic heterocycles. The highest BCUT2D eigenvalue weighted by atomic mass is 16.2. The zero-order chi connectivity index (χ0) is 16.5. The van der Waals surface area contributed by atoms with Crippen molar-refractivity contribution in [2.45, 2.75) is 51.1 Å². The van der Waals surface area contributed by atoms with Gasteiger partial charge in [0.25, 0.3) is 0 Å². The zero-order valence-electron chi connectivity index (χ0n) is 14.1. The highest BCUT2D eigenvalue weighted by molar-refractivity contribution is 5.89. The van der Waals surface area contributed by atoms with Gasteiger partial charge in [0.2, 0.25) is 11.8 Å². The van der Waals surface area contributed by atoms with Crippen LogP contribution in [0.15, 0.2) is 18.5 Å². The van der Waals surface area contributed by atoms with Crippen molar-refractivity contribution in [3.05, 3.63) is 18.5 Å². The number of amides is 2. The molecule has 130 valence electrons. The first-order chi connectivity index (χ1) is 11.7. The van der Waals surface area contributed by atoms with Gasteiger partial charge in [-0.25, -0.2) is 0 Å². The lowest BCUT2D eigenvalue weighted by Crippen LogP contribution is -2.48. The van der Waals surface area contributed by atoms with E-state index in [2.05, 4.69) is 5.10 Å². The molecule has 3 aliphatic rings. The summed E-state index contributed by atoms with van der Waals surface area (Å²) in [6.07, 6.45) is 9.85. The molecule has 0 aromatic carbocycles. The molecule has 3 heterocycles. The maximum atomic E-state index is 13.0. The number of rotatable bonds is 5. The Bertz CT molecular complexity index is 596. The van der Waals surface area contributed by atoms with Crippen LogP contribution < -0.4 is 0 Å². The number of hydrogen-bond donors (Lipinski definition) is 0. The highest BCUT2D eigenvalue weighted by Crippen LogP contribution is 2.33. The number of likely N-dealkylation sites (tertiary alicyclic amines) is 2. The van der Waals surface area contributed by atoms with Crippen molar-refractivity contribution in [2.24, 2.45) is 11.8 Å². The number of carbonyl (C=O) groups is 2. The van der Waals surface area contributed by atoms with E-state index in [1.807, 2.05) is 26.7 Å². The van der Waals surface area contributed by atoms with Crippen LogP contribution in [0.1, 0.15) is 38.5 Å². The average molecular weight is 330 g/mol. The maximum Gasteiger partial charge on any atom is 0.228 e. The molecule has 1 saturated carbocycles. The van der Waals surface area contributed by atoms with Crippen molar-refractivity contribution < 1.29 is 9.59 Å². The van der Waals surface area contributed by atoms with Crippen LogP contribution in [0.25, 0.3) is 0 Å². The molecule has 4 rings (SSSR count). The van der Waals surface area contributed by atoms with Crippen molar-refractivity contribution in [1.82, 2.24) is 19.6 Å². The van der Waals surface area contributed by atoms with E-state index in [1.54, 1.807) is 6.20 Å². The first kappa shape index (κ1) is 15.7. The maximum absolute atomic E-state index is 13.0. The summed E-state index contributed by atoms with van der Waals surface area (Å²) in [5.41, 5.74) is 0. The first-order valence-electron chi connectivity index (χ1n) is 9.26. The second-order valence-corrected chi connectivity index (χ2v) is 7.55. The Kier molecular flexibility index (Phi) is 4.29. The topological polar surface area (TPSA) is 58.4 Å². The van der Waals surface area contributed by atoms with Gasteiger partial charge in [0, 0.05) is 38.4 Å². The van der Waals surface area contributed by atoms with Crippen molar-refractivity contribution in [3.63, 3.8) is 0 Å². The minimum absolute atomic E-state index is 0.144. The summed E-state index contributed by atoms with van der Waals surface area (Å²) in [6.45, 7) is 3.06. The van der Waals surface area contributed by atoms with Crippen LogP contribution in [0.3, 0.4) is 0 Å². The van der Waals surface area contributed by atoms with Gasteiger partial charge in [0.15, 0.2) is 0 Å². The number of piperidine rings is 1. The quantitative estimate of drug-likeness (QED) is 0.822. The Morgan fingerprint density at radius 1 is 1.21 bits per heavy atom. The second-order valence-electron chi connectivity index (χ2n) is 7.55. The lowest BCUT2D eigenvalue weighted by molar-refractivity contribution is -0.139. The Hall–Kier alpha value is -1.85. The van der Waals surface area contributed by atoms with Crippen LogP contribution in [-0.4, -0.2) is 57.1 Å². The molecule has 0 N–H and O–H groups in total. The molecule has 0 bridgehead atoms. The summed E-state index contributed by atoms with van der Waals surface area (Å²) < 4.78 is 1.91. The normalized spacial score (nSPS) is 27.8. The molecule has 0 spiro atoms. The van der Waals surface area contributed by atoms with E-state index in [9.17, 15) is 9.59 Å². The van der Waals surface area contributed by atoms with Gasteiger partial charge in [-0.1, -0.05) is 0 Å². The summed E-state index contributed by atoms with van der Waals surface area (Å²) >= 11 is 0. The summed E-state index contributed by atoms with van der Waals surface area (Å²) in [7, 11) is 0. The Labute approximate surface area is 142 Å². The van der Waals surface area contributed by atoms with Crippen LogP contribution >= 0.6 is 0 Å². The molecule has 6 nitrogen and oxygen atoms in total. The van der Waals surface area contributed by atoms with E-state index in [1.165, 1.54) is 12.8 Å². The summed E-state index contributed by atoms with van der Waals surface area (Å²) in [5, 5.41) is 4.28. The van der Waals surface area contributed by atoms with Gasteiger partial charge in [-0.2, -0.15) is 5.10 Å². The third kappa shape index (κ3) is 3.32. The van der Waals surface area contributed by atoms with E-state index in [0.717, 1.165) is 38.9 Å². The van der Waals surface area contributed by atoms with Gasteiger partial charge < -0.3 is 9.80 Å². The summed E-state index contributed by atoms with van der Waals surface area (Å²) in [5.74, 6) is 0.888. The van der Waals surface area contributed by atoms with Crippen LogP contribution in [0.2, 0.25) is 0 Å². The SMILES string of the molecule is O=C1C[C@@H](C(=O)N2CCCC[C@H]2Cn2cccn2)CN1CC1CC1. The van der Waals surface area contributed by atoms with E-state index in [0.29, 0.717) is 18.9 Å². The molecule has 2 saturated heterocycles. The van der Waals surface area contributed by atoms with Gasteiger partial charge in [-0.3, -0.25) is 14.3 Å². The smallest absolute Gasteiger partial charge is 0.228 e. The fourth-order valence-corrected chi connectivity index (χ4v) is 4.07. The Morgan fingerprint density at radius 3 is 2.83 bits per heavy atom. The number of carbonyl (C=O) groups excluding carboxylic acids is 2. The van der Waals surface area contributed by atoms with Crippen LogP contribution in [0.4, 0.5) is 0 Å². The molecule has 2 aliphatic heterocycles. The molecule has 0 unspecified atom stereocenters. The first-order valence-corrected chi connectivity index (χ1v) is 9.26.